The number of carboxylic acid groups (broad SMARTS) is 2. The number of nitriles is 1. The topological polar surface area (TPSA) is 177 Å². The van der Waals surface area contributed by atoms with Gasteiger partial charge in [0, 0.05) is 6.42 Å². The van der Waals surface area contributed by atoms with Crippen LogP contribution in [0.1, 0.15) is 40.0 Å². The van der Waals surface area contributed by atoms with E-state index in [1.165, 1.54) is 48.5 Å². The summed E-state index contributed by atoms with van der Waals surface area (Å²) in [5.74, 6) is -5.63. The molecule has 10 nitrogen and oxygen atoms in total. The second-order valence-corrected chi connectivity index (χ2v) is 6.46. The number of rotatable bonds is 10. The highest BCUT2D eigenvalue weighted by atomic mass is 16.6. The van der Waals surface area contributed by atoms with E-state index < -0.39 is 36.1 Å². The predicted molar refractivity (Wildman–Crippen MR) is 115 cm³/mol. The maximum atomic E-state index is 12.0. The highest BCUT2D eigenvalue weighted by molar-refractivity contribution is 5.95. The van der Waals surface area contributed by atoms with Crippen molar-refractivity contribution in [1.29, 1.82) is 5.26 Å². The molecule has 0 radical (unpaired) electrons. The molecule has 10 heteroatoms. The fourth-order valence-electron chi connectivity index (χ4n) is 2.35. The van der Waals surface area contributed by atoms with E-state index in [2.05, 4.69) is 0 Å². The molecule has 0 aromatic heterocycles. The predicted octanol–water partition coefficient (Wildman–Crippen LogP) is 2.25. The van der Waals surface area contributed by atoms with Gasteiger partial charge in [0.25, 0.3) is 0 Å². The summed E-state index contributed by atoms with van der Waals surface area (Å²) in [5.41, 5.74) is 5.21. The van der Waals surface area contributed by atoms with Crippen molar-refractivity contribution in [3.63, 3.8) is 0 Å². The lowest BCUT2D eigenvalue weighted by atomic mass is 10.1. The second-order valence-electron chi connectivity index (χ2n) is 6.46. The van der Waals surface area contributed by atoms with Gasteiger partial charge < -0.3 is 25.4 Å². The monoisotopic (exact) mass is 456 g/mol. The normalized spacial score (nSPS) is 11.5. The summed E-state index contributed by atoms with van der Waals surface area (Å²) >= 11 is 0. The maximum absolute atomic E-state index is 12.0. The van der Waals surface area contributed by atoms with Gasteiger partial charge >= 0.3 is 23.9 Å². The quantitative estimate of drug-likeness (QED) is 0.355. The number of ether oxygens (including phenoxy) is 2. The number of unbranched alkanes of at least 4 members (excludes halogenated alkanes) is 2. The molecule has 0 saturated carbocycles. The number of benzene rings is 2. The second kappa shape index (κ2) is 14.7. The molecule has 2 rings (SSSR count). The van der Waals surface area contributed by atoms with Gasteiger partial charge in [-0.15, -0.1) is 0 Å². The van der Waals surface area contributed by atoms with Gasteiger partial charge in [-0.05, 0) is 43.7 Å². The summed E-state index contributed by atoms with van der Waals surface area (Å²) in [4.78, 5) is 46.8. The van der Waals surface area contributed by atoms with Gasteiger partial charge in [0.15, 0.2) is 0 Å². The van der Waals surface area contributed by atoms with Gasteiger partial charge in [0.2, 0.25) is 12.2 Å². The zero-order valence-electron chi connectivity index (χ0n) is 17.6. The summed E-state index contributed by atoms with van der Waals surface area (Å²) in [6.07, 6.45) is -1.85. The van der Waals surface area contributed by atoms with Crippen molar-refractivity contribution >= 4 is 23.9 Å². The molecular formula is C23H24N2O8. The standard InChI is InChI=1S/C18H14O8.C5H10N2/c19-15(20)13(25-17(23)11-7-3-1-4-8-11)14(16(21)22)26-18(24)12-9-5-2-6-10-12;6-4-2-1-3-5-7/h1-10,13-14H,(H,19,20)(H,21,22);1-4,6H2/t13-,14-;/m1./s1. The Bertz CT molecular complexity index is 888. The summed E-state index contributed by atoms with van der Waals surface area (Å²) in [6, 6.07) is 16.9. The van der Waals surface area contributed by atoms with Crippen LogP contribution in [0, 0.1) is 11.3 Å². The van der Waals surface area contributed by atoms with E-state index in [-0.39, 0.29) is 11.1 Å². The molecule has 0 aliphatic heterocycles. The van der Waals surface area contributed by atoms with Crippen molar-refractivity contribution in [1.82, 2.24) is 0 Å². The third-order valence-corrected chi connectivity index (χ3v) is 3.99. The summed E-state index contributed by atoms with van der Waals surface area (Å²) in [5, 5.41) is 26.5. The largest absolute Gasteiger partial charge is 0.478 e. The van der Waals surface area contributed by atoms with Crippen molar-refractivity contribution in [2.75, 3.05) is 6.54 Å². The highest BCUT2D eigenvalue weighted by Gasteiger charge is 2.40. The van der Waals surface area contributed by atoms with Crippen LogP contribution in [-0.4, -0.2) is 52.8 Å². The minimum atomic E-state index is -2.21. The van der Waals surface area contributed by atoms with Gasteiger partial charge in [-0.1, -0.05) is 36.4 Å². The minimum Gasteiger partial charge on any atom is -0.478 e. The smallest absolute Gasteiger partial charge is 0.349 e. The zero-order valence-corrected chi connectivity index (χ0v) is 17.6. The first-order valence-electron chi connectivity index (χ1n) is 9.86. The van der Waals surface area contributed by atoms with E-state index in [0.717, 1.165) is 12.8 Å². The number of nitrogens with zero attached hydrogens (tertiary/aromatic N) is 1. The number of carbonyl (C=O) groups is 4. The van der Waals surface area contributed by atoms with E-state index >= 15 is 0 Å². The average Bonchev–Trinajstić information content (AvgIpc) is 2.82. The Morgan fingerprint density at radius 2 is 1.18 bits per heavy atom. The van der Waals surface area contributed by atoms with Crippen LogP contribution in [0.4, 0.5) is 0 Å². The molecule has 2 atom stereocenters. The summed E-state index contributed by atoms with van der Waals surface area (Å²) < 4.78 is 9.52. The van der Waals surface area contributed by atoms with Crippen molar-refractivity contribution in [2.24, 2.45) is 5.73 Å². The highest BCUT2D eigenvalue weighted by Crippen LogP contribution is 2.13. The van der Waals surface area contributed by atoms with Crippen LogP contribution in [0.3, 0.4) is 0 Å². The van der Waals surface area contributed by atoms with E-state index in [4.69, 9.17) is 20.5 Å². The maximum Gasteiger partial charge on any atom is 0.349 e. The molecule has 0 bridgehead atoms. The molecule has 2 aromatic rings. The Morgan fingerprint density at radius 3 is 1.48 bits per heavy atom. The van der Waals surface area contributed by atoms with E-state index in [1.54, 1.807) is 12.1 Å². The Kier molecular flexibility index (Phi) is 12.0. The Morgan fingerprint density at radius 1 is 0.788 bits per heavy atom. The van der Waals surface area contributed by atoms with Gasteiger partial charge in [-0.2, -0.15) is 5.26 Å². The third-order valence-electron chi connectivity index (χ3n) is 3.99. The van der Waals surface area contributed by atoms with Crippen LogP contribution in [0.5, 0.6) is 0 Å². The molecule has 0 aliphatic carbocycles. The van der Waals surface area contributed by atoms with E-state index in [0.29, 0.717) is 13.0 Å². The zero-order chi connectivity index (χ0) is 24.6. The fourth-order valence-corrected chi connectivity index (χ4v) is 2.35. The number of nitrogens with two attached hydrogens (primary N) is 1. The van der Waals surface area contributed by atoms with Crippen LogP contribution in [0.25, 0.3) is 0 Å². The molecule has 0 spiro atoms. The van der Waals surface area contributed by atoms with Gasteiger partial charge in [-0.3, -0.25) is 0 Å². The molecule has 33 heavy (non-hydrogen) atoms. The summed E-state index contributed by atoms with van der Waals surface area (Å²) in [6.45, 7) is 0.710. The Balaban J connectivity index is 0.000000675. The van der Waals surface area contributed by atoms with Crippen molar-refractivity contribution in [3.8, 4) is 6.07 Å². The fraction of sp³-hybridized carbons (Fsp3) is 0.261. The molecule has 0 amide bonds. The molecule has 174 valence electrons. The van der Waals surface area contributed by atoms with Gasteiger partial charge in [-0.25, -0.2) is 19.2 Å². The van der Waals surface area contributed by atoms with Crippen molar-refractivity contribution in [3.05, 3.63) is 71.8 Å². The molecule has 4 N–H and O–H groups in total. The average molecular weight is 456 g/mol. The first-order chi connectivity index (χ1) is 15.8. The molecule has 0 saturated heterocycles. The molecular weight excluding hydrogens is 432 g/mol. The number of carboxylic acids is 2. The first-order valence-corrected chi connectivity index (χ1v) is 9.86. The number of esters is 2. The van der Waals surface area contributed by atoms with Crippen LogP contribution in [-0.2, 0) is 19.1 Å². The lowest BCUT2D eigenvalue weighted by Gasteiger charge is -2.21. The summed E-state index contributed by atoms with van der Waals surface area (Å²) in [7, 11) is 0. The SMILES string of the molecule is N#CCCCCN.O=C(O[C@@H](C(=O)O)[C@@H](OC(=O)c1ccccc1)C(=O)O)c1ccccc1. The van der Waals surface area contributed by atoms with Crippen LogP contribution in [0.15, 0.2) is 60.7 Å². The molecule has 0 heterocycles. The van der Waals surface area contributed by atoms with Crippen molar-refractivity contribution < 1.29 is 38.9 Å². The van der Waals surface area contributed by atoms with E-state index in [9.17, 15) is 29.4 Å². The van der Waals surface area contributed by atoms with Crippen molar-refractivity contribution in [2.45, 2.75) is 31.5 Å². The number of hydrogen-bond acceptors (Lipinski definition) is 8. The number of hydrogen-bond donors (Lipinski definition) is 3. The van der Waals surface area contributed by atoms with Gasteiger partial charge in [0.1, 0.15) is 0 Å². The molecule has 2 aromatic carbocycles. The lowest BCUT2D eigenvalue weighted by Crippen LogP contribution is -2.45. The Labute approximate surface area is 190 Å². The van der Waals surface area contributed by atoms with Crippen LogP contribution in [0.2, 0.25) is 0 Å². The molecule has 0 fully saturated rings. The number of aliphatic carboxylic acids is 2. The minimum absolute atomic E-state index is 0.0253. The van der Waals surface area contributed by atoms with E-state index in [1.807, 2.05) is 6.07 Å². The lowest BCUT2D eigenvalue weighted by molar-refractivity contribution is -0.166. The third kappa shape index (κ3) is 9.63. The first kappa shape index (κ1) is 26.8. The molecule has 0 unspecified atom stereocenters. The number of carbonyl (C=O) groups excluding carboxylic acids is 2. The van der Waals surface area contributed by atoms with Crippen LogP contribution >= 0.6 is 0 Å². The van der Waals surface area contributed by atoms with Gasteiger partial charge in [0.05, 0.1) is 17.2 Å². The van der Waals surface area contributed by atoms with Crippen LogP contribution < -0.4 is 5.73 Å². The Hall–Kier alpha value is -4.23. The molecule has 0 aliphatic rings.